The Kier molecular flexibility index (Phi) is 5.52. The number of rotatable bonds is 6. The minimum atomic E-state index is -0.434. The van der Waals surface area contributed by atoms with Crippen LogP contribution in [-0.2, 0) is 9.59 Å². The lowest BCUT2D eigenvalue weighted by molar-refractivity contribution is -0.120. The van der Waals surface area contributed by atoms with Crippen molar-refractivity contribution in [1.29, 1.82) is 0 Å². The van der Waals surface area contributed by atoms with Crippen molar-refractivity contribution < 1.29 is 19.1 Å². The predicted molar refractivity (Wildman–Crippen MR) is 123 cm³/mol. The Balaban J connectivity index is 1.82. The molecule has 0 saturated carbocycles. The summed E-state index contributed by atoms with van der Waals surface area (Å²) in [5.74, 6) is 0.109. The predicted octanol–water partition coefficient (Wildman–Crippen LogP) is 4.78. The van der Waals surface area contributed by atoms with Crippen molar-refractivity contribution in [2.75, 3.05) is 24.4 Å². The van der Waals surface area contributed by atoms with Gasteiger partial charge in [-0.25, -0.2) is 4.90 Å². The number of benzene rings is 2. The maximum atomic E-state index is 13.5. The van der Waals surface area contributed by atoms with E-state index in [2.05, 4.69) is 11.4 Å². The average molecular weight is 435 g/mol. The summed E-state index contributed by atoms with van der Waals surface area (Å²) >= 11 is 1.41. The number of amides is 2. The van der Waals surface area contributed by atoms with Crippen LogP contribution in [0.15, 0.2) is 59.6 Å². The second-order valence-corrected chi connectivity index (χ2v) is 8.16. The number of thiophene rings is 1. The fraction of sp³-hybridized carbons (Fsp3) is 0.167. The van der Waals surface area contributed by atoms with Gasteiger partial charge in [0.25, 0.3) is 11.8 Å². The molecule has 0 fully saturated rings. The van der Waals surface area contributed by atoms with Gasteiger partial charge in [-0.2, -0.15) is 0 Å². The van der Waals surface area contributed by atoms with Crippen molar-refractivity contribution in [3.05, 3.63) is 75.6 Å². The first kappa shape index (κ1) is 20.7. The maximum absolute atomic E-state index is 13.5. The Morgan fingerprint density at radius 1 is 0.903 bits per heavy atom. The van der Waals surface area contributed by atoms with Crippen LogP contribution < -0.4 is 19.7 Å². The molecule has 158 valence electrons. The highest BCUT2D eigenvalue weighted by Crippen LogP contribution is 2.40. The fourth-order valence-electron chi connectivity index (χ4n) is 3.67. The molecule has 1 aromatic heterocycles. The van der Waals surface area contributed by atoms with Gasteiger partial charge in [0.05, 0.1) is 25.5 Å². The number of aryl methyl sites for hydroxylation is 2. The highest BCUT2D eigenvalue weighted by molar-refractivity contribution is 7.11. The summed E-state index contributed by atoms with van der Waals surface area (Å²) in [5.41, 5.74) is 3.83. The van der Waals surface area contributed by atoms with Crippen LogP contribution in [0.2, 0.25) is 0 Å². The molecule has 0 aliphatic carbocycles. The lowest BCUT2D eigenvalue weighted by atomic mass is 10.1. The monoisotopic (exact) mass is 434 g/mol. The quantitative estimate of drug-likeness (QED) is 0.566. The van der Waals surface area contributed by atoms with E-state index in [1.54, 1.807) is 25.3 Å². The van der Waals surface area contributed by atoms with E-state index in [9.17, 15) is 9.59 Å². The minimum Gasteiger partial charge on any atom is -0.497 e. The first-order valence-electron chi connectivity index (χ1n) is 9.67. The highest BCUT2D eigenvalue weighted by atomic mass is 32.1. The Bertz CT molecular complexity index is 1180. The number of hydrogen-bond donors (Lipinski definition) is 1. The Labute approximate surface area is 184 Å². The SMILES string of the molecule is COc1ccc(N2C(=O)C(Nc3cc(C)cc(C)c3)=C(c3cccs3)C2=O)c(OC)c1. The molecule has 0 spiro atoms. The second kappa shape index (κ2) is 8.28. The molecule has 0 bridgehead atoms. The highest BCUT2D eigenvalue weighted by Gasteiger charge is 2.42. The molecule has 0 atom stereocenters. The number of ether oxygens (including phenoxy) is 2. The second-order valence-electron chi connectivity index (χ2n) is 7.21. The number of imide groups is 1. The van der Waals surface area contributed by atoms with Gasteiger partial charge in [-0.1, -0.05) is 12.1 Å². The van der Waals surface area contributed by atoms with Gasteiger partial charge in [0.2, 0.25) is 0 Å². The number of anilines is 2. The number of carbonyl (C=O) groups excluding carboxylic acids is 2. The lowest BCUT2D eigenvalue weighted by Crippen LogP contribution is -2.32. The molecule has 6 nitrogen and oxygen atoms in total. The molecule has 2 heterocycles. The zero-order chi connectivity index (χ0) is 22.1. The molecule has 0 unspecified atom stereocenters. The number of carbonyl (C=O) groups is 2. The van der Waals surface area contributed by atoms with Gasteiger partial charge in [0.15, 0.2) is 0 Å². The fourth-order valence-corrected chi connectivity index (χ4v) is 4.44. The van der Waals surface area contributed by atoms with Crippen LogP contribution in [0.5, 0.6) is 11.5 Å². The molecular formula is C24H22N2O4S. The third-order valence-corrected chi connectivity index (χ3v) is 5.86. The first-order chi connectivity index (χ1) is 14.9. The summed E-state index contributed by atoms with van der Waals surface area (Å²) in [6.07, 6.45) is 0. The molecule has 2 amide bonds. The van der Waals surface area contributed by atoms with E-state index < -0.39 is 11.8 Å². The van der Waals surface area contributed by atoms with Gasteiger partial charge in [-0.3, -0.25) is 9.59 Å². The number of nitrogens with one attached hydrogen (secondary N) is 1. The number of hydrogen-bond acceptors (Lipinski definition) is 6. The molecule has 0 saturated heterocycles. The van der Waals surface area contributed by atoms with Gasteiger partial charge < -0.3 is 14.8 Å². The standard InChI is InChI=1S/C24H22N2O4S/c1-14-10-15(2)12-16(11-14)25-22-21(20-6-5-9-31-20)23(27)26(24(22)28)18-8-7-17(29-3)13-19(18)30-4/h5-13,25H,1-4H3. The van der Waals surface area contributed by atoms with Crippen molar-refractivity contribution in [1.82, 2.24) is 0 Å². The van der Waals surface area contributed by atoms with E-state index in [1.165, 1.54) is 18.4 Å². The molecule has 1 aliphatic heterocycles. The zero-order valence-electron chi connectivity index (χ0n) is 17.7. The van der Waals surface area contributed by atoms with E-state index in [0.29, 0.717) is 22.8 Å². The van der Waals surface area contributed by atoms with Crippen LogP contribution in [0.4, 0.5) is 11.4 Å². The van der Waals surface area contributed by atoms with Gasteiger partial charge in [0, 0.05) is 16.6 Å². The number of nitrogens with zero attached hydrogens (tertiary/aromatic N) is 1. The molecule has 4 rings (SSSR count). The van der Waals surface area contributed by atoms with Crippen molar-refractivity contribution in [3.8, 4) is 11.5 Å². The minimum absolute atomic E-state index is 0.246. The van der Waals surface area contributed by atoms with Gasteiger partial charge in [0.1, 0.15) is 17.2 Å². The molecule has 0 radical (unpaired) electrons. The lowest BCUT2D eigenvalue weighted by Gasteiger charge is -2.19. The largest absolute Gasteiger partial charge is 0.497 e. The summed E-state index contributed by atoms with van der Waals surface area (Å²) in [6, 6.07) is 14.6. The zero-order valence-corrected chi connectivity index (χ0v) is 18.5. The molecule has 31 heavy (non-hydrogen) atoms. The topological polar surface area (TPSA) is 67.9 Å². The van der Waals surface area contributed by atoms with Crippen molar-refractivity contribution in [3.63, 3.8) is 0 Å². The van der Waals surface area contributed by atoms with Crippen molar-refractivity contribution in [2.24, 2.45) is 0 Å². The van der Waals surface area contributed by atoms with Gasteiger partial charge >= 0.3 is 0 Å². The molecule has 1 N–H and O–H groups in total. The smallest absolute Gasteiger partial charge is 0.282 e. The normalized spacial score (nSPS) is 13.7. The van der Waals surface area contributed by atoms with Crippen molar-refractivity contribution in [2.45, 2.75) is 13.8 Å². The van der Waals surface area contributed by atoms with Crippen LogP contribution in [0.25, 0.3) is 5.57 Å². The van der Waals surface area contributed by atoms with Gasteiger partial charge in [-0.05, 0) is 60.7 Å². The van der Waals surface area contributed by atoms with E-state index in [1.807, 2.05) is 43.5 Å². The van der Waals surface area contributed by atoms with Crippen LogP contribution in [0.1, 0.15) is 16.0 Å². The molecular weight excluding hydrogens is 412 g/mol. The summed E-state index contributed by atoms with van der Waals surface area (Å²) in [5, 5.41) is 5.09. The van der Waals surface area contributed by atoms with Crippen LogP contribution in [0, 0.1) is 13.8 Å². The molecule has 7 heteroatoms. The Morgan fingerprint density at radius 3 is 2.26 bits per heavy atom. The summed E-state index contributed by atoms with van der Waals surface area (Å²) in [4.78, 5) is 28.9. The molecule has 2 aromatic carbocycles. The summed E-state index contributed by atoms with van der Waals surface area (Å²) in [7, 11) is 3.04. The molecule has 1 aliphatic rings. The Hall–Kier alpha value is -3.58. The van der Waals surface area contributed by atoms with Gasteiger partial charge in [-0.15, -0.1) is 11.3 Å². The third-order valence-electron chi connectivity index (χ3n) is 4.97. The van der Waals surface area contributed by atoms with Crippen LogP contribution in [-0.4, -0.2) is 26.0 Å². The van der Waals surface area contributed by atoms with Crippen molar-refractivity contribution >= 4 is 40.1 Å². The van der Waals surface area contributed by atoms with E-state index in [-0.39, 0.29) is 5.70 Å². The Morgan fingerprint density at radius 2 is 1.65 bits per heavy atom. The molecule has 3 aromatic rings. The number of methoxy groups -OCH3 is 2. The maximum Gasteiger partial charge on any atom is 0.282 e. The summed E-state index contributed by atoms with van der Waals surface area (Å²) < 4.78 is 10.7. The third kappa shape index (κ3) is 3.80. The van der Waals surface area contributed by atoms with E-state index >= 15 is 0 Å². The van der Waals surface area contributed by atoms with E-state index in [0.717, 1.165) is 26.6 Å². The average Bonchev–Trinajstić information content (AvgIpc) is 3.34. The van der Waals surface area contributed by atoms with Crippen LogP contribution >= 0.6 is 11.3 Å². The first-order valence-corrected chi connectivity index (χ1v) is 10.5. The van der Waals surface area contributed by atoms with E-state index in [4.69, 9.17) is 9.47 Å². The summed E-state index contributed by atoms with van der Waals surface area (Å²) in [6.45, 7) is 3.98. The van der Waals surface area contributed by atoms with Crippen LogP contribution in [0.3, 0.4) is 0 Å².